The predicted molar refractivity (Wildman–Crippen MR) is 72.4 cm³/mol. The number of aryl methyl sites for hydroxylation is 1. The molecule has 90 valence electrons. The molecule has 0 amide bonds. The van der Waals surface area contributed by atoms with Crippen molar-refractivity contribution < 1.29 is 4.74 Å². The third-order valence-electron chi connectivity index (χ3n) is 2.45. The van der Waals surface area contributed by atoms with Gasteiger partial charge in [-0.25, -0.2) is 0 Å². The Morgan fingerprint density at radius 1 is 1.44 bits per heavy atom. The molecule has 2 nitrogen and oxygen atoms in total. The highest BCUT2D eigenvalue weighted by Gasteiger charge is 2.08. The van der Waals surface area contributed by atoms with Crippen LogP contribution in [0.4, 0.5) is 0 Å². The van der Waals surface area contributed by atoms with E-state index in [1.165, 1.54) is 11.1 Å². The van der Waals surface area contributed by atoms with E-state index < -0.39 is 0 Å². The summed E-state index contributed by atoms with van der Waals surface area (Å²) in [5.41, 5.74) is 8.56. The summed E-state index contributed by atoms with van der Waals surface area (Å²) in [4.78, 5) is 0. The molecular weight excluding hydrogens is 218 g/mol. The molecule has 0 aliphatic heterocycles. The Morgan fingerprint density at radius 2 is 2.19 bits per heavy atom. The molecule has 1 aromatic rings. The van der Waals surface area contributed by atoms with Gasteiger partial charge in [-0.3, -0.25) is 0 Å². The molecule has 0 aromatic heterocycles. The number of rotatable bonds is 6. The van der Waals surface area contributed by atoms with E-state index in [1.807, 2.05) is 17.8 Å². The summed E-state index contributed by atoms with van der Waals surface area (Å²) in [6.07, 6.45) is 0.887. The maximum absolute atomic E-state index is 6.09. The minimum Gasteiger partial charge on any atom is -0.496 e. The van der Waals surface area contributed by atoms with E-state index >= 15 is 0 Å². The van der Waals surface area contributed by atoms with Gasteiger partial charge in [0.15, 0.2) is 0 Å². The monoisotopic (exact) mass is 239 g/mol. The Hall–Kier alpha value is -0.670. The van der Waals surface area contributed by atoms with Crippen LogP contribution in [0.5, 0.6) is 5.75 Å². The lowest BCUT2D eigenvalue weighted by Crippen LogP contribution is -2.26. The van der Waals surface area contributed by atoms with Gasteiger partial charge in [-0.2, -0.15) is 11.8 Å². The van der Waals surface area contributed by atoms with Crippen LogP contribution < -0.4 is 10.5 Å². The fourth-order valence-electron chi connectivity index (χ4n) is 1.68. The lowest BCUT2D eigenvalue weighted by atomic mass is 10.0. The van der Waals surface area contributed by atoms with Gasteiger partial charge in [0.05, 0.1) is 7.11 Å². The normalized spacial score (nSPS) is 12.5. The van der Waals surface area contributed by atoms with Crippen LogP contribution in [-0.2, 0) is 6.42 Å². The first kappa shape index (κ1) is 13.4. The van der Waals surface area contributed by atoms with Crippen LogP contribution in [0, 0.1) is 6.92 Å². The van der Waals surface area contributed by atoms with Crippen LogP contribution in [0.1, 0.15) is 18.1 Å². The molecule has 0 spiro atoms. The second-order valence-corrected chi connectivity index (χ2v) is 5.26. The van der Waals surface area contributed by atoms with Gasteiger partial charge in [0.1, 0.15) is 5.75 Å². The highest BCUT2D eigenvalue weighted by molar-refractivity contribution is 7.99. The minimum atomic E-state index is 0.209. The van der Waals surface area contributed by atoms with Crippen molar-refractivity contribution in [3.8, 4) is 5.75 Å². The molecule has 0 aliphatic rings. The van der Waals surface area contributed by atoms with Crippen molar-refractivity contribution in [1.29, 1.82) is 0 Å². The van der Waals surface area contributed by atoms with Gasteiger partial charge in [-0.1, -0.05) is 24.6 Å². The van der Waals surface area contributed by atoms with Gasteiger partial charge >= 0.3 is 0 Å². The van der Waals surface area contributed by atoms with Crippen LogP contribution in [0.15, 0.2) is 18.2 Å². The molecule has 0 saturated heterocycles. The fraction of sp³-hybridized carbons (Fsp3) is 0.538. The molecule has 2 N–H and O–H groups in total. The van der Waals surface area contributed by atoms with Gasteiger partial charge in [-0.15, -0.1) is 0 Å². The van der Waals surface area contributed by atoms with Crippen molar-refractivity contribution in [2.75, 3.05) is 18.6 Å². The highest BCUT2D eigenvalue weighted by atomic mass is 32.2. The van der Waals surface area contributed by atoms with Crippen molar-refractivity contribution in [3.63, 3.8) is 0 Å². The standard InChI is InChI=1S/C13H21NOS/c1-4-16-9-12(14)8-11-7-10(2)5-6-13(11)15-3/h5-7,12H,4,8-9,14H2,1-3H3. The summed E-state index contributed by atoms with van der Waals surface area (Å²) >= 11 is 1.89. The predicted octanol–water partition coefficient (Wildman–Crippen LogP) is 2.63. The quantitative estimate of drug-likeness (QED) is 0.829. The first-order valence-corrected chi connectivity index (χ1v) is 6.79. The Balaban J connectivity index is 2.67. The lowest BCUT2D eigenvalue weighted by molar-refractivity contribution is 0.408. The maximum atomic E-state index is 6.09. The van der Waals surface area contributed by atoms with Gasteiger partial charge in [0.2, 0.25) is 0 Å². The van der Waals surface area contributed by atoms with E-state index in [9.17, 15) is 0 Å². The van der Waals surface area contributed by atoms with Crippen LogP contribution >= 0.6 is 11.8 Å². The number of benzene rings is 1. The molecular formula is C13H21NOS. The minimum absolute atomic E-state index is 0.209. The molecule has 1 atom stereocenters. The smallest absolute Gasteiger partial charge is 0.122 e. The molecule has 1 rings (SSSR count). The number of nitrogens with two attached hydrogens (primary N) is 1. The zero-order valence-electron chi connectivity index (χ0n) is 10.3. The number of hydrogen-bond donors (Lipinski definition) is 1. The summed E-state index contributed by atoms with van der Waals surface area (Å²) in [5.74, 6) is 3.08. The number of thioether (sulfide) groups is 1. The Bertz CT molecular complexity index is 328. The summed E-state index contributed by atoms with van der Waals surface area (Å²) in [6.45, 7) is 4.25. The lowest BCUT2D eigenvalue weighted by Gasteiger charge is -2.14. The molecule has 0 bridgehead atoms. The Kier molecular flexibility index (Phi) is 5.71. The van der Waals surface area contributed by atoms with Crippen LogP contribution in [0.3, 0.4) is 0 Å². The van der Waals surface area contributed by atoms with Crippen molar-refractivity contribution in [1.82, 2.24) is 0 Å². The Labute approximate surface area is 103 Å². The van der Waals surface area contributed by atoms with Gasteiger partial charge in [0, 0.05) is 11.8 Å². The number of methoxy groups -OCH3 is 1. The molecule has 0 radical (unpaired) electrons. The zero-order chi connectivity index (χ0) is 12.0. The topological polar surface area (TPSA) is 35.2 Å². The van der Waals surface area contributed by atoms with Gasteiger partial charge in [0.25, 0.3) is 0 Å². The van der Waals surface area contributed by atoms with Crippen LogP contribution in [0.25, 0.3) is 0 Å². The Morgan fingerprint density at radius 3 is 2.81 bits per heavy atom. The second-order valence-electron chi connectivity index (χ2n) is 3.94. The van der Waals surface area contributed by atoms with E-state index in [2.05, 4.69) is 26.0 Å². The average Bonchev–Trinajstić information content (AvgIpc) is 2.27. The third kappa shape index (κ3) is 4.06. The van der Waals surface area contributed by atoms with E-state index in [4.69, 9.17) is 10.5 Å². The molecule has 16 heavy (non-hydrogen) atoms. The first-order chi connectivity index (χ1) is 7.67. The van der Waals surface area contributed by atoms with Crippen LogP contribution in [-0.4, -0.2) is 24.7 Å². The van der Waals surface area contributed by atoms with E-state index in [1.54, 1.807) is 7.11 Å². The summed E-state index contributed by atoms with van der Waals surface area (Å²) in [5, 5.41) is 0. The average molecular weight is 239 g/mol. The van der Waals surface area contributed by atoms with E-state index in [-0.39, 0.29) is 6.04 Å². The van der Waals surface area contributed by atoms with Gasteiger partial charge < -0.3 is 10.5 Å². The molecule has 0 saturated carbocycles. The summed E-state index contributed by atoms with van der Waals surface area (Å²) in [7, 11) is 1.71. The van der Waals surface area contributed by atoms with Gasteiger partial charge in [-0.05, 0) is 30.7 Å². The third-order valence-corrected chi connectivity index (χ3v) is 3.53. The van der Waals surface area contributed by atoms with Crippen molar-refractivity contribution in [2.45, 2.75) is 26.3 Å². The highest BCUT2D eigenvalue weighted by Crippen LogP contribution is 2.21. The zero-order valence-corrected chi connectivity index (χ0v) is 11.1. The van der Waals surface area contributed by atoms with Crippen molar-refractivity contribution in [3.05, 3.63) is 29.3 Å². The molecule has 0 aliphatic carbocycles. The summed E-state index contributed by atoms with van der Waals surface area (Å²) < 4.78 is 5.34. The molecule has 3 heteroatoms. The number of hydrogen-bond acceptors (Lipinski definition) is 3. The van der Waals surface area contributed by atoms with Crippen molar-refractivity contribution in [2.24, 2.45) is 5.73 Å². The maximum Gasteiger partial charge on any atom is 0.122 e. The van der Waals surface area contributed by atoms with E-state index in [0.717, 1.165) is 23.7 Å². The largest absolute Gasteiger partial charge is 0.496 e. The molecule has 0 heterocycles. The first-order valence-electron chi connectivity index (χ1n) is 5.64. The number of ether oxygens (including phenoxy) is 1. The second kappa shape index (κ2) is 6.81. The van der Waals surface area contributed by atoms with E-state index in [0.29, 0.717) is 0 Å². The molecule has 0 fully saturated rings. The SMILES string of the molecule is CCSCC(N)Cc1cc(C)ccc1OC. The summed E-state index contributed by atoms with van der Waals surface area (Å²) in [6, 6.07) is 6.45. The van der Waals surface area contributed by atoms with Crippen molar-refractivity contribution >= 4 is 11.8 Å². The fourth-order valence-corrected chi connectivity index (χ4v) is 2.33. The molecule has 1 aromatic carbocycles. The van der Waals surface area contributed by atoms with Crippen LogP contribution in [0.2, 0.25) is 0 Å². The molecule has 1 unspecified atom stereocenters.